The number of hydrogen-bond acceptors (Lipinski definition) is 7. The number of aromatic nitrogens is 4. The van der Waals surface area contributed by atoms with Crippen molar-refractivity contribution in [2.75, 3.05) is 49.2 Å². The van der Waals surface area contributed by atoms with Crippen molar-refractivity contribution in [2.45, 2.75) is 6.92 Å². The number of H-pyrrole nitrogens is 1. The van der Waals surface area contributed by atoms with E-state index in [4.69, 9.17) is 5.73 Å². The molecule has 0 aromatic carbocycles. The third kappa shape index (κ3) is 3.22. The van der Waals surface area contributed by atoms with E-state index in [1.54, 1.807) is 0 Å². The van der Waals surface area contributed by atoms with Crippen LogP contribution in [0.5, 0.6) is 0 Å². The van der Waals surface area contributed by atoms with Crippen LogP contribution in [0.2, 0.25) is 0 Å². The molecule has 21 heavy (non-hydrogen) atoms. The van der Waals surface area contributed by atoms with Gasteiger partial charge in [-0.25, -0.2) is 0 Å². The molecule has 0 amide bonds. The molecule has 112 valence electrons. The number of hydrogen-bond donors (Lipinski definition) is 3. The third-order valence-corrected chi connectivity index (χ3v) is 3.52. The lowest BCUT2D eigenvalue weighted by atomic mass is 10.3. The lowest BCUT2D eigenvalue weighted by molar-refractivity contribution is 0.312. The lowest BCUT2D eigenvalue weighted by Crippen LogP contribution is -2.44. The van der Waals surface area contributed by atoms with Gasteiger partial charge in [0.15, 0.2) is 5.82 Å². The maximum Gasteiger partial charge on any atom is 0.223 e. The van der Waals surface area contributed by atoms with E-state index in [1.165, 1.54) is 0 Å². The van der Waals surface area contributed by atoms with Gasteiger partial charge in [-0.05, 0) is 14.0 Å². The molecule has 0 spiro atoms. The molecule has 4 N–H and O–H groups in total. The number of nitrogen functional groups attached to an aromatic ring is 1. The van der Waals surface area contributed by atoms with Crippen LogP contribution >= 0.6 is 0 Å². The Bertz CT molecular complexity index is 614. The minimum absolute atomic E-state index is 0.265. The summed E-state index contributed by atoms with van der Waals surface area (Å²) in [5, 5.41) is 10.2. The number of rotatable bonds is 3. The van der Waals surface area contributed by atoms with E-state index in [9.17, 15) is 0 Å². The Labute approximate surface area is 123 Å². The van der Waals surface area contributed by atoms with Gasteiger partial charge in [0.2, 0.25) is 5.95 Å². The summed E-state index contributed by atoms with van der Waals surface area (Å²) in [6.07, 6.45) is 0. The van der Waals surface area contributed by atoms with E-state index in [1.807, 2.05) is 19.1 Å². The van der Waals surface area contributed by atoms with E-state index in [0.29, 0.717) is 5.82 Å². The van der Waals surface area contributed by atoms with Crippen molar-refractivity contribution < 1.29 is 0 Å². The van der Waals surface area contributed by atoms with Crippen LogP contribution in [-0.4, -0.2) is 58.3 Å². The largest absolute Gasteiger partial charge is 0.368 e. The van der Waals surface area contributed by atoms with E-state index in [-0.39, 0.29) is 5.95 Å². The summed E-state index contributed by atoms with van der Waals surface area (Å²) in [4.78, 5) is 13.1. The van der Waals surface area contributed by atoms with Gasteiger partial charge >= 0.3 is 0 Å². The van der Waals surface area contributed by atoms with Gasteiger partial charge in [-0.3, -0.25) is 5.10 Å². The van der Waals surface area contributed by atoms with Crippen LogP contribution in [0.3, 0.4) is 0 Å². The fraction of sp³-hybridized carbons (Fsp3) is 0.462. The SMILES string of the molecule is Cc1cc(Nc2cc(N3CCN(C)CC3)nc(N)n2)n[nH]1. The van der Waals surface area contributed by atoms with Gasteiger partial charge in [-0.1, -0.05) is 0 Å². The van der Waals surface area contributed by atoms with Crippen LogP contribution in [0.25, 0.3) is 0 Å². The van der Waals surface area contributed by atoms with Gasteiger partial charge in [0.1, 0.15) is 11.6 Å². The standard InChI is InChI=1S/C13H20N8/c1-9-7-11(19-18-9)15-10-8-12(17-13(14)16-10)21-5-3-20(2)4-6-21/h7-8H,3-6H2,1-2H3,(H4,14,15,16,17,18,19). The number of aromatic amines is 1. The average Bonchev–Trinajstić information content (AvgIpc) is 2.84. The van der Waals surface area contributed by atoms with E-state index >= 15 is 0 Å². The van der Waals surface area contributed by atoms with Crippen LogP contribution < -0.4 is 16.0 Å². The quantitative estimate of drug-likeness (QED) is 0.760. The van der Waals surface area contributed by atoms with E-state index in [0.717, 1.165) is 43.5 Å². The van der Waals surface area contributed by atoms with Crippen LogP contribution in [0, 0.1) is 6.92 Å². The van der Waals surface area contributed by atoms with Gasteiger partial charge in [0.25, 0.3) is 0 Å². The molecule has 8 nitrogen and oxygen atoms in total. The summed E-state index contributed by atoms with van der Waals surface area (Å²) in [5.74, 6) is 2.49. The highest BCUT2D eigenvalue weighted by Gasteiger charge is 2.16. The molecule has 1 fully saturated rings. The van der Waals surface area contributed by atoms with E-state index < -0.39 is 0 Å². The fourth-order valence-electron chi connectivity index (χ4n) is 2.33. The Morgan fingerprint density at radius 1 is 1.14 bits per heavy atom. The van der Waals surface area contributed by atoms with Gasteiger partial charge < -0.3 is 20.9 Å². The normalized spacial score (nSPS) is 16.2. The molecule has 0 saturated carbocycles. The molecule has 3 rings (SSSR count). The zero-order valence-corrected chi connectivity index (χ0v) is 12.3. The number of nitrogens with two attached hydrogens (primary N) is 1. The van der Waals surface area contributed by atoms with Crippen molar-refractivity contribution in [1.82, 2.24) is 25.1 Å². The molecule has 1 aliphatic heterocycles. The highest BCUT2D eigenvalue weighted by Crippen LogP contribution is 2.20. The fourth-order valence-corrected chi connectivity index (χ4v) is 2.33. The number of anilines is 4. The average molecular weight is 288 g/mol. The molecule has 0 radical (unpaired) electrons. The van der Waals surface area contributed by atoms with Crippen molar-refractivity contribution in [1.29, 1.82) is 0 Å². The highest BCUT2D eigenvalue weighted by molar-refractivity contribution is 5.59. The summed E-state index contributed by atoms with van der Waals surface area (Å²) in [6, 6.07) is 3.82. The number of aryl methyl sites for hydroxylation is 1. The van der Waals surface area contributed by atoms with Crippen molar-refractivity contribution in [3.05, 3.63) is 17.8 Å². The molecule has 1 aliphatic rings. The van der Waals surface area contributed by atoms with Crippen LogP contribution in [0.4, 0.5) is 23.4 Å². The van der Waals surface area contributed by atoms with Crippen LogP contribution in [0.1, 0.15) is 5.69 Å². The van der Waals surface area contributed by atoms with Gasteiger partial charge in [-0.15, -0.1) is 0 Å². The zero-order chi connectivity index (χ0) is 14.8. The molecule has 0 atom stereocenters. The second-order valence-corrected chi connectivity index (χ2v) is 5.32. The Balaban J connectivity index is 1.79. The number of nitrogens with zero attached hydrogens (tertiary/aromatic N) is 5. The Morgan fingerprint density at radius 2 is 1.90 bits per heavy atom. The third-order valence-electron chi connectivity index (χ3n) is 3.52. The predicted octanol–water partition coefficient (Wildman–Crippen LogP) is 0.586. The molecular weight excluding hydrogens is 268 g/mol. The monoisotopic (exact) mass is 288 g/mol. The highest BCUT2D eigenvalue weighted by atomic mass is 15.3. The molecular formula is C13H20N8. The lowest BCUT2D eigenvalue weighted by Gasteiger charge is -2.33. The van der Waals surface area contributed by atoms with Crippen LogP contribution in [0.15, 0.2) is 12.1 Å². The van der Waals surface area contributed by atoms with Crippen molar-refractivity contribution in [3.8, 4) is 0 Å². The first-order valence-electron chi connectivity index (χ1n) is 6.97. The smallest absolute Gasteiger partial charge is 0.223 e. The second-order valence-electron chi connectivity index (χ2n) is 5.32. The zero-order valence-electron chi connectivity index (χ0n) is 12.3. The van der Waals surface area contributed by atoms with E-state index in [2.05, 4.69) is 42.3 Å². The van der Waals surface area contributed by atoms with Crippen LogP contribution in [-0.2, 0) is 0 Å². The van der Waals surface area contributed by atoms with Crippen molar-refractivity contribution in [3.63, 3.8) is 0 Å². The second kappa shape index (κ2) is 5.57. The summed E-state index contributed by atoms with van der Waals surface area (Å²) in [6.45, 7) is 5.86. The Hall–Kier alpha value is -2.35. The Kier molecular flexibility index (Phi) is 3.61. The number of nitrogens with one attached hydrogen (secondary N) is 2. The minimum Gasteiger partial charge on any atom is -0.368 e. The summed E-state index contributed by atoms with van der Waals surface area (Å²) < 4.78 is 0. The van der Waals surface area contributed by atoms with Crippen molar-refractivity contribution in [2.24, 2.45) is 0 Å². The first kappa shape index (κ1) is 13.6. The molecule has 0 aliphatic carbocycles. The van der Waals surface area contributed by atoms with Gasteiger partial charge in [0, 0.05) is 44.0 Å². The predicted molar refractivity (Wildman–Crippen MR) is 82.8 cm³/mol. The Morgan fingerprint density at radius 3 is 2.57 bits per heavy atom. The molecule has 1 saturated heterocycles. The maximum atomic E-state index is 5.82. The first-order valence-corrected chi connectivity index (χ1v) is 6.97. The first-order chi connectivity index (χ1) is 10.1. The topological polar surface area (TPSA) is 99.0 Å². The number of piperazine rings is 1. The summed E-state index contributed by atoms with van der Waals surface area (Å²) >= 11 is 0. The number of likely N-dealkylation sites (N-methyl/N-ethyl adjacent to an activating group) is 1. The molecule has 0 unspecified atom stereocenters. The molecule has 2 aromatic rings. The molecule has 3 heterocycles. The van der Waals surface area contributed by atoms with Gasteiger partial charge in [0.05, 0.1) is 0 Å². The van der Waals surface area contributed by atoms with Crippen molar-refractivity contribution >= 4 is 23.4 Å². The minimum atomic E-state index is 0.265. The molecule has 2 aromatic heterocycles. The maximum absolute atomic E-state index is 5.82. The molecule has 8 heteroatoms. The summed E-state index contributed by atoms with van der Waals surface area (Å²) in [5.41, 5.74) is 6.81. The summed E-state index contributed by atoms with van der Waals surface area (Å²) in [7, 11) is 2.12. The molecule has 0 bridgehead atoms. The van der Waals surface area contributed by atoms with Gasteiger partial charge in [-0.2, -0.15) is 15.1 Å².